The van der Waals surface area contributed by atoms with E-state index in [2.05, 4.69) is 10.2 Å². The normalized spacial score (nSPS) is 12.0. The van der Waals surface area contributed by atoms with E-state index in [1.807, 2.05) is 42.8 Å². The van der Waals surface area contributed by atoms with E-state index in [1.165, 1.54) is 18.9 Å². The van der Waals surface area contributed by atoms with Gasteiger partial charge in [-0.15, -0.1) is 10.2 Å². The number of benzene rings is 1. The van der Waals surface area contributed by atoms with Gasteiger partial charge in [0.25, 0.3) is 0 Å². The van der Waals surface area contributed by atoms with Crippen molar-refractivity contribution in [1.29, 1.82) is 0 Å². The van der Waals surface area contributed by atoms with Gasteiger partial charge in [0.05, 0.1) is 7.11 Å². The van der Waals surface area contributed by atoms with Crippen LogP contribution in [0.3, 0.4) is 0 Å². The Kier molecular flexibility index (Phi) is 5.43. The molecule has 0 aliphatic carbocycles. The van der Waals surface area contributed by atoms with Crippen LogP contribution < -0.4 is 4.74 Å². The van der Waals surface area contributed by atoms with Crippen LogP contribution in [0.25, 0.3) is 0 Å². The van der Waals surface area contributed by atoms with E-state index < -0.39 is 0 Å². The first-order valence-corrected chi connectivity index (χ1v) is 7.71. The molecule has 0 bridgehead atoms. The Morgan fingerprint density at radius 3 is 2.86 bits per heavy atom. The van der Waals surface area contributed by atoms with Gasteiger partial charge >= 0.3 is 5.97 Å². The number of ether oxygens (including phenoxy) is 2. The number of esters is 1. The molecule has 0 aliphatic rings. The van der Waals surface area contributed by atoms with Gasteiger partial charge in [-0.05, 0) is 31.5 Å². The molecule has 7 heteroatoms. The van der Waals surface area contributed by atoms with Gasteiger partial charge in [-0.1, -0.05) is 23.9 Å². The number of aryl methyl sites for hydroxylation is 1. The molecule has 1 heterocycles. The molecule has 0 spiro atoms. The minimum absolute atomic E-state index is 0.287. The van der Waals surface area contributed by atoms with Crippen LogP contribution in [-0.4, -0.2) is 33.1 Å². The van der Waals surface area contributed by atoms with Crippen LogP contribution in [0, 0.1) is 6.92 Å². The third kappa shape index (κ3) is 4.00. The van der Waals surface area contributed by atoms with Crippen LogP contribution in [0.5, 0.6) is 5.75 Å². The fraction of sp³-hybridized carbons (Fsp3) is 0.400. The monoisotopic (exact) mass is 321 g/mol. The van der Waals surface area contributed by atoms with E-state index in [-0.39, 0.29) is 11.2 Å². The van der Waals surface area contributed by atoms with E-state index >= 15 is 0 Å². The summed E-state index contributed by atoms with van der Waals surface area (Å²) in [6, 6.07) is 7.82. The van der Waals surface area contributed by atoms with Crippen molar-refractivity contribution < 1.29 is 14.3 Å². The second kappa shape index (κ2) is 7.31. The predicted octanol–water partition coefficient (Wildman–Crippen LogP) is 2.36. The summed E-state index contributed by atoms with van der Waals surface area (Å²) >= 11 is 1.31. The smallest absolute Gasteiger partial charge is 0.318 e. The molecule has 0 unspecified atom stereocenters. The summed E-state index contributed by atoms with van der Waals surface area (Å²) in [6.45, 7) is 4.10. The number of rotatable bonds is 6. The molecule has 0 fully saturated rings. The summed E-state index contributed by atoms with van der Waals surface area (Å²) in [5.41, 5.74) is 1.14. The Labute approximate surface area is 133 Å². The Hall–Kier alpha value is -2.02. The van der Waals surface area contributed by atoms with Crippen LogP contribution in [-0.2, 0) is 23.2 Å². The molecule has 1 atom stereocenters. The molecule has 6 nitrogen and oxygen atoms in total. The van der Waals surface area contributed by atoms with Gasteiger partial charge in [0.1, 0.15) is 17.6 Å². The Balaban J connectivity index is 2.00. The maximum absolute atomic E-state index is 11.5. The topological polar surface area (TPSA) is 66.2 Å². The lowest BCUT2D eigenvalue weighted by atomic mass is 10.2. The van der Waals surface area contributed by atoms with Crippen molar-refractivity contribution in [2.75, 3.05) is 7.11 Å². The number of carbonyl (C=O) groups is 1. The molecule has 0 aliphatic heterocycles. The SMILES string of the molecule is COC(=O)[C@@H](C)Sc1nnc(COc2cccc(C)c2)n1C. The molecule has 0 saturated heterocycles. The van der Waals surface area contributed by atoms with Crippen LogP contribution in [0.2, 0.25) is 0 Å². The summed E-state index contributed by atoms with van der Waals surface area (Å²) in [6.07, 6.45) is 0. The molecule has 0 N–H and O–H groups in total. The fourth-order valence-electron chi connectivity index (χ4n) is 1.80. The van der Waals surface area contributed by atoms with Gasteiger partial charge in [0.15, 0.2) is 11.0 Å². The van der Waals surface area contributed by atoms with Crippen molar-refractivity contribution >= 4 is 17.7 Å². The minimum atomic E-state index is -0.335. The zero-order chi connectivity index (χ0) is 16.1. The predicted molar refractivity (Wildman–Crippen MR) is 83.8 cm³/mol. The highest BCUT2D eigenvalue weighted by Crippen LogP contribution is 2.22. The Bertz CT molecular complexity index is 657. The maximum atomic E-state index is 11.5. The highest BCUT2D eigenvalue weighted by molar-refractivity contribution is 8.00. The molecule has 118 valence electrons. The molecule has 22 heavy (non-hydrogen) atoms. The largest absolute Gasteiger partial charge is 0.486 e. The van der Waals surface area contributed by atoms with Crippen molar-refractivity contribution in [3.63, 3.8) is 0 Å². The van der Waals surface area contributed by atoms with E-state index in [9.17, 15) is 4.79 Å². The van der Waals surface area contributed by atoms with E-state index in [4.69, 9.17) is 9.47 Å². The molecule has 0 radical (unpaired) electrons. The first-order valence-electron chi connectivity index (χ1n) is 6.83. The van der Waals surface area contributed by atoms with Gasteiger partial charge in [0.2, 0.25) is 0 Å². The van der Waals surface area contributed by atoms with Crippen LogP contribution in [0.15, 0.2) is 29.4 Å². The average Bonchev–Trinajstić information content (AvgIpc) is 2.85. The quantitative estimate of drug-likeness (QED) is 0.601. The second-order valence-corrected chi connectivity index (χ2v) is 6.15. The average molecular weight is 321 g/mol. The first kappa shape index (κ1) is 16.4. The standard InChI is InChI=1S/C15H19N3O3S/c1-10-6-5-7-12(8-10)21-9-13-16-17-15(18(13)3)22-11(2)14(19)20-4/h5-8,11H,9H2,1-4H3/t11-/m1/s1. The molecule has 1 aromatic heterocycles. The number of aromatic nitrogens is 3. The van der Waals surface area contributed by atoms with E-state index in [0.29, 0.717) is 17.6 Å². The zero-order valence-electron chi connectivity index (χ0n) is 13.1. The molecular formula is C15H19N3O3S. The van der Waals surface area contributed by atoms with Gasteiger partial charge in [-0.3, -0.25) is 4.79 Å². The number of thioether (sulfide) groups is 1. The number of hydrogen-bond acceptors (Lipinski definition) is 6. The van der Waals surface area contributed by atoms with Crippen LogP contribution in [0.1, 0.15) is 18.3 Å². The molecule has 1 aromatic carbocycles. The van der Waals surface area contributed by atoms with E-state index in [1.54, 1.807) is 6.92 Å². The summed E-state index contributed by atoms with van der Waals surface area (Å²) in [5, 5.41) is 8.52. The lowest BCUT2D eigenvalue weighted by Gasteiger charge is -2.09. The zero-order valence-corrected chi connectivity index (χ0v) is 13.9. The second-order valence-electron chi connectivity index (χ2n) is 4.85. The van der Waals surface area contributed by atoms with Gasteiger partial charge < -0.3 is 14.0 Å². The summed E-state index contributed by atoms with van der Waals surface area (Å²) in [5.74, 6) is 1.20. The Morgan fingerprint density at radius 1 is 1.41 bits per heavy atom. The number of nitrogens with zero attached hydrogens (tertiary/aromatic N) is 3. The number of hydrogen-bond donors (Lipinski definition) is 0. The summed E-state index contributed by atoms with van der Waals surface area (Å²) in [4.78, 5) is 11.5. The van der Waals surface area contributed by atoms with Crippen molar-refractivity contribution in [2.24, 2.45) is 7.05 Å². The first-order chi connectivity index (χ1) is 10.5. The van der Waals surface area contributed by atoms with Gasteiger partial charge in [0, 0.05) is 7.05 Å². The highest BCUT2D eigenvalue weighted by Gasteiger charge is 2.19. The lowest BCUT2D eigenvalue weighted by molar-refractivity contribution is -0.139. The molecule has 2 rings (SSSR count). The third-order valence-corrected chi connectivity index (χ3v) is 4.21. The molecule has 0 amide bonds. The van der Waals surface area contributed by atoms with Crippen LogP contribution >= 0.6 is 11.8 Å². The van der Waals surface area contributed by atoms with Crippen molar-refractivity contribution in [1.82, 2.24) is 14.8 Å². The van der Waals surface area contributed by atoms with Crippen LogP contribution in [0.4, 0.5) is 0 Å². The summed E-state index contributed by atoms with van der Waals surface area (Å²) < 4.78 is 12.2. The molecule has 0 saturated carbocycles. The molecule has 2 aromatic rings. The summed E-state index contributed by atoms with van der Waals surface area (Å²) in [7, 11) is 3.22. The van der Waals surface area contributed by atoms with E-state index in [0.717, 1.165) is 11.3 Å². The minimum Gasteiger partial charge on any atom is -0.486 e. The molecular weight excluding hydrogens is 302 g/mol. The Morgan fingerprint density at radius 2 is 2.18 bits per heavy atom. The number of methoxy groups -OCH3 is 1. The van der Waals surface area contributed by atoms with Crippen molar-refractivity contribution in [2.45, 2.75) is 30.9 Å². The van der Waals surface area contributed by atoms with Gasteiger partial charge in [-0.2, -0.15) is 0 Å². The van der Waals surface area contributed by atoms with Crippen molar-refractivity contribution in [3.05, 3.63) is 35.7 Å². The number of carbonyl (C=O) groups excluding carboxylic acids is 1. The third-order valence-electron chi connectivity index (χ3n) is 3.10. The highest BCUT2D eigenvalue weighted by atomic mass is 32.2. The van der Waals surface area contributed by atoms with Crippen molar-refractivity contribution in [3.8, 4) is 5.75 Å². The van der Waals surface area contributed by atoms with Gasteiger partial charge in [-0.25, -0.2) is 0 Å². The maximum Gasteiger partial charge on any atom is 0.318 e. The lowest BCUT2D eigenvalue weighted by Crippen LogP contribution is -2.15. The fourth-order valence-corrected chi connectivity index (χ4v) is 2.66.